The smallest absolute Gasteiger partial charge is 0.251 e. The monoisotopic (exact) mass is 352 g/mol. The number of carbonyl (C=O) groups is 2. The normalized spacial score (nSPS) is 18.2. The highest BCUT2D eigenvalue weighted by Crippen LogP contribution is 2.22. The Labute approximate surface area is 154 Å². The zero-order chi connectivity index (χ0) is 18.5. The number of hydrogen-bond acceptors (Lipinski definition) is 3. The minimum atomic E-state index is -0.586. The van der Waals surface area contributed by atoms with Crippen LogP contribution in [0.3, 0.4) is 0 Å². The summed E-state index contributed by atoms with van der Waals surface area (Å²) in [5, 5.41) is 2.80. The van der Waals surface area contributed by atoms with Crippen molar-refractivity contribution in [2.24, 2.45) is 0 Å². The van der Waals surface area contributed by atoms with Gasteiger partial charge >= 0.3 is 0 Å². The standard InChI is InChI=1S/C21H24N2O3/c1-15-7-6-10-18(13-15)20(24)22-16(2)21(25)23-11-12-26-19(14-23)17-8-4-3-5-9-17/h3-10,13,16,19H,11-12,14H2,1-2H3,(H,22,24)/t16-,19?/m0/s1. The molecule has 2 amide bonds. The molecule has 1 aliphatic heterocycles. The first kappa shape index (κ1) is 18.1. The average Bonchev–Trinajstić information content (AvgIpc) is 2.68. The maximum atomic E-state index is 12.8. The summed E-state index contributed by atoms with van der Waals surface area (Å²) < 4.78 is 5.81. The summed E-state index contributed by atoms with van der Waals surface area (Å²) in [6.07, 6.45) is -0.131. The molecule has 1 fully saturated rings. The summed E-state index contributed by atoms with van der Waals surface area (Å²) in [7, 11) is 0. The number of benzene rings is 2. The molecular formula is C21H24N2O3. The molecule has 136 valence electrons. The van der Waals surface area contributed by atoms with Gasteiger partial charge in [-0.15, -0.1) is 0 Å². The molecule has 5 heteroatoms. The van der Waals surface area contributed by atoms with Crippen molar-refractivity contribution in [3.63, 3.8) is 0 Å². The van der Waals surface area contributed by atoms with E-state index in [1.165, 1.54) is 0 Å². The number of amides is 2. The van der Waals surface area contributed by atoms with Crippen molar-refractivity contribution in [2.75, 3.05) is 19.7 Å². The van der Waals surface area contributed by atoms with E-state index in [0.717, 1.165) is 11.1 Å². The maximum Gasteiger partial charge on any atom is 0.251 e. The van der Waals surface area contributed by atoms with Crippen LogP contribution in [0.5, 0.6) is 0 Å². The van der Waals surface area contributed by atoms with E-state index in [2.05, 4.69) is 5.32 Å². The number of nitrogens with zero attached hydrogens (tertiary/aromatic N) is 1. The molecule has 1 aliphatic rings. The van der Waals surface area contributed by atoms with Gasteiger partial charge in [-0.1, -0.05) is 48.0 Å². The van der Waals surface area contributed by atoms with Crippen molar-refractivity contribution in [2.45, 2.75) is 26.0 Å². The summed E-state index contributed by atoms with van der Waals surface area (Å²) >= 11 is 0. The second-order valence-electron chi connectivity index (χ2n) is 6.62. The maximum absolute atomic E-state index is 12.8. The highest BCUT2D eigenvalue weighted by molar-refractivity contribution is 5.97. The lowest BCUT2D eigenvalue weighted by molar-refractivity contribution is -0.140. The van der Waals surface area contributed by atoms with E-state index in [0.29, 0.717) is 25.3 Å². The lowest BCUT2D eigenvalue weighted by atomic mass is 10.1. The van der Waals surface area contributed by atoms with Crippen LogP contribution in [0.15, 0.2) is 54.6 Å². The molecule has 0 spiro atoms. The van der Waals surface area contributed by atoms with Crippen LogP contribution in [0.4, 0.5) is 0 Å². The highest BCUT2D eigenvalue weighted by atomic mass is 16.5. The first-order chi connectivity index (χ1) is 12.5. The van der Waals surface area contributed by atoms with E-state index in [4.69, 9.17) is 4.74 Å². The largest absolute Gasteiger partial charge is 0.370 e. The number of carbonyl (C=O) groups excluding carboxylic acids is 2. The predicted molar refractivity (Wildman–Crippen MR) is 99.8 cm³/mol. The number of hydrogen-bond donors (Lipinski definition) is 1. The first-order valence-corrected chi connectivity index (χ1v) is 8.87. The topological polar surface area (TPSA) is 58.6 Å². The van der Waals surface area contributed by atoms with Crippen molar-refractivity contribution < 1.29 is 14.3 Å². The van der Waals surface area contributed by atoms with Gasteiger partial charge in [0.25, 0.3) is 5.91 Å². The highest BCUT2D eigenvalue weighted by Gasteiger charge is 2.28. The molecule has 3 rings (SSSR count). The van der Waals surface area contributed by atoms with Gasteiger partial charge in [-0.3, -0.25) is 9.59 Å². The van der Waals surface area contributed by atoms with Crippen LogP contribution in [0.2, 0.25) is 0 Å². The summed E-state index contributed by atoms with van der Waals surface area (Å²) in [5.41, 5.74) is 2.63. The van der Waals surface area contributed by atoms with E-state index in [1.54, 1.807) is 17.9 Å². The second-order valence-corrected chi connectivity index (χ2v) is 6.62. The molecule has 2 atom stereocenters. The van der Waals surface area contributed by atoms with E-state index in [9.17, 15) is 9.59 Å². The zero-order valence-corrected chi connectivity index (χ0v) is 15.1. The minimum Gasteiger partial charge on any atom is -0.370 e. The minimum absolute atomic E-state index is 0.0877. The Balaban J connectivity index is 1.61. The van der Waals surface area contributed by atoms with Crippen LogP contribution in [0.1, 0.15) is 34.5 Å². The summed E-state index contributed by atoms with van der Waals surface area (Å²) in [6.45, 7) is 5.18. The van der Waals surface area contributed by atoms with Gasteiger partial charge in [-0.25, -0.2) is 0 Å². The molecule has 1 saturated heterocycles. The Bertz CT molecular complexity index is 776. The number of aryl methyl sites for hydroxylation is 1. The molecule has 2 aromatic rings. The fourth-order valence-electron chi connectivity index (χ4n) is 3.12. The molecule has 1 unspecified atom stereocenters. The van der Waals surface area contributed by atoms with Gasteiger partial charge in [0.2, 0.25) is 5.91 Å². The quantitative estimate of drug-likeness (QED) is 0.920. The van der Waals surface area contributed by atoms with Gasteiger partial charge in [-0.2, -0.15) is 0 Å². The van der Waals surface area contributed by atoms with E-state index in [-0.39, 0.29) is 17.9 Å². The molecule has 0 radical (unpaired) electrons. The molecule has 0 saturated carbocycles. The fraction of sp³-hybridized carbons (Fsp3) is 0.333. The second kappa shape index (κ2) is 8.15. The van der Waals surface area contributed by atoms with Crippen molar-refractivity contribution in [1.29, 1.82) is 0 Å². The van der Waals surface area contributed by atoms with E-state index in [1.807, 2.05) is 55.5 Å². The Morgan fingerprint density at radius 3 is 2.65 bits per heavy atom. The van der Waals surface area contributed by atoms with E-state index < -0.39 is 6.04 Å². The van der Waals surface area contributed by atoms with Gasteiger partial charge in [0.1, 0.15) is 12.1 Å². The molecule has 26 heavy (non-hydrogen) atoms. The summed E-state index contributed by atoms with van der Waals surface area (Å²) in [6, 6.07) is 16.6. The summed E-state index contributed by atoms with van der Waals surface area (Å²) in [4.78, 5) is 26.9. The lowest BCUT2D eigenvalue weighted by Crippen LogP contribution is -2.51. The number of morpholine rings is 1. The van der Waals surface area contributed by atoms with Gasteiger partial charge in [-0.05, 0) is 31.5 Å². The van der Waals surface area contributed by atoms with Gasteiger partial charge in [0, 0.05) is 12.1 Å². The van der Waals surface area contributed by atoms with Crippen LogP contribution >= 0.6 is 0 Å². The number of nitrogens with one attached hydrogen (secondary N) is 1. The predicted octanol–water partition coefficient (Wildman–Crippen LogP) is 2.71. The zero-order valence-electron chi connectivity index (χ0n) is 15.1. The van der Waals surface area contributed by atoms with Crippen LogP contribution in [-0.2, 0) is 9.53 Å². The van der Waals surface area contributed by atoms with Crippen molar-refractivity contribution in [3.8, 4) is 0 Å². The van der Waals surface area contributed by atoms with Crippen molar-refractivity contribution >= 4 is 11.8 Å². The first-order valence-electron chi connectivity index (χ1n) is 8.87. The van der Waals surface area contributed by atoms with Gasteiger partial charge in [0.05, 0.1) is 13.2 Å². The van der Waals surface area contributed by atoms with Gasteiger partial charge < -0.3 is 15.0 Å². The molecule has 0 aromatic heterocycles. The summed E-state index contributed by atoms with van der Waals surface area (Å²) in [5.74, 6) is -0.322. The molecule has 1 N–H and O–H groups in total. The van der Waals surface area contributed by atoms with Crippen molar-refractivity contribution in [3.05, 3.63) is 71.3 Å². The van der Waals surface area contributed by atoms with Crippen LogP contribution in [0.25, 0.3) is 0 Å². The Hall–Kier alpha value is -2.66. The Kier molecular flexibility index (Phi) is 5.68. The van der Waals surface area contributed by atoms with Crippen LogP contribution in [0, 0.1) is 6.92 Å². The fourth-order valence-corrected chi connectivity index (χ4v) is 3.12. The molecule has 5 nitrogen and oxygen atoms in total. The Morgan fingerprint density at radius 2 is 1.92 bits per heavy atom. The molecule has 1 heterocycles. The van der Waals surface area contributed by atoms with Crippen LogP contribution in [-0.4, -0.2) is 42.5 Å². The third kappa shape index (κ3) is 4.29. The Morgan fingerprint density at radius 1 is 1.15 bits per heavy atom. The number of rotatable bonds is 4. The molecule has 0 aliphatic carbocycles. The van der Waals surface area contributed by atoms with Gasteiger partial charge in [0.15, 0.2) is 0 Å². The van der Waals surface area contributed by atoms with E-state index >= 15 is 0 Å². The molecule has 2 aromatic carbocycles. The third-order valence-corrected chi connectivity index (χ3v) is 4.55. The lowest BCUT2D eigenvalue weighted by Gasteiger charge is -2.34. The molecule has 0 bridgehead atoms. The molecular weight excluding hydrogens is 328 g/mol. The van der Waals surface area contributed by atoms with Crippen molar-refractivity contribution in [1.82, 2.24) is 10.2 Å². The number of ether oxygens (including phenoxy) is 1. The average molecular weight is 352 g/mol. The third-order valence-electron chi connectivity index (χ3n) is 4.55. The van der Waals surface area contributed by atoms with Crippen LogP contribution < -0.4 is 5.32 Å². The SMILES string of the molecule is Cc1cccc(C(=O)N[C@@H](C)C(=O)N2CCOC(c3ccccc3)C2)c1.